The lowest BCUT2D eigenvalue weighted by Crippen LogP contribution is -2.38. The Morgan fingerprint density at radius 1 is 1.33 bits per heavy atom. The third-order valence-electron chi connectivity index (χ3n) is 4.40. The van der Waals surface area contributed by atoms with Crippen LogP contribution in [-0.4, -0.2) is 25.0 Å². The SMILES string of the molecule is COc1c(C2(C(=O)O)CCCCC2)cc2c(c1Br)OCO2. The van der Waals surface area contributed by atoms with E-state index >= 15 is 0 Å². The van der Waals surface area contributed by atoms with Crippen LogP contribution in [0.25, 0.3) is 0 Å². The highest BCUT2D eigenvalue weighted by atomic mass is 79.9. The molecule has 1 aromatic carbocycles. The fourth-order valence-corrected chi connectivity index (χ4v) is 3.98. The molecule has 0 bridgehead atoms. The van der Waals surface area contributed by atoms with E-state index in [1.807, 2.05) is 0 Å². The van der Waals surface area contributed by atoms with Gasteiger partial charge in [0.05, 0.1) is 12.5 Å². The number of aliphatic carboxylic acids is 1. The van der Waals surface area contributed by atoms with Crippen molar-refractivity contribution in [1.29, 1.82) is 0 Å². The maximum Gasteiger partial charge on any atom is 0.314 e. The molecular formula is C15H17BrO5. The first-order valence-corrected chi connectivity index (χ1v) is 7.79. The lowest BCUT2D eigenvalue weighted by Gasteiger charge is -2.35. The first-order valence-electron chi connectivity index (χ1n) is 7.00. The van der Waals surface area contributed by atoms with Crippen LogP contribution in [0.1, 0.15) is 37.7 Å². The molecule has 1 N–H and O–H groups in total. The average Bonchev–Trinajstić information content (AvgIpc) is 2.96. The topological polar surface area (TPSA) is 65.0 Å². The van der Waals surface area contributed by atoms with Crippen LogP contribution in [0.4, 0.5) is 0 Å². The summed E-state index contributed by atoms with van der Waals surface area (Å²) in [6, 6.07) is 1.77. The molecule has 3 rings (SSSR count). The normalized spacial score (nSPS) is 19.3. The molecule has 1 aliphatic carbocycles. The van der Waals surface area contributed by atoms with Gasteiger partial charge in [-0.05, 0) is 34.8 Å². The number of carbonyl (C=O) groups is 1. The third kappa shape index (κ3) is 2.16. The summed E-state index contributed by atoms with van der Waals surface area (Å²) in [4.78, 5) is 12.0. The summed E-state index contributed by atoms with van der Waals surface area (Å²) in [7, 11) is 1.55. The second-order valence-corrected chi connectivity index (χ2v) is 6.25. The number of hydrogen-bond donors (Lipinski definition) is 1. The van der Waals surface area contributed by atoms with Gasteiger partial charge in [-0.1, -0.05) is 19.3 Å². The van der Waals surface area contributed by atoms with E-state index < -0.39 is 11.4 Å². The minimum Gasteiger partial charge on any atom is -0.495 e. The van der Waals surface area contributed by atoms with Crippen molar-refractivity contribution in [2.75, 3.05) is 13.9 Å². The fraction of sp³-hybridized carbons (Fsp3) is 0.533. The van der Waals surface area contributed by atoms with Crippen LogP contribution >= 0.6 is 15.9 Å². The molecule has 0 atom stereocenters. The van der Waals surface area contributed by atoms with Gasteiger partial charge in [-0.25, -0.2) is 0 Å². The average molecular weight is 357 g/mol. The molecule has 1 saturated carbocycles. The maximum absolute atomic E-state index is 12.0. The van der Waals surface area contributed by atoms with Crippen molar-refractivity contribution in [1.82, 2.24) is 0 Å². The molecular weight excluding hydrogens is 340 g/mol. The lowest BCUT2D eigenvalue weighted by molar-refractivity contribution is -0.145. The van der Waals surface area contributed by atoms with Crippen molar-refractivity contribution in [2.24, 2.45) is 0 Å². The Morgan fingerprint density at radius 3 is 2.67 bits per heavy atom. The molecule has 5 nitrogen and oxygen atoms in total. The van der Waals surface area contributed by atoms with Crippen LogP contribution in [0, 0.1) is 0 Å². The van der Waals surface area contributed by atoms with Gasteiger partial charge >= 0.3 is 5.97 Å². The minimum atomic E-state index is -0.910. The van der Waals surface area contributed by atoms with Crippen LogP contribution in [0.2, 0.25) is 0 Å². The zero-order valence-electron chi connectivity index (χ0n) is 11.8. The van der Waals surface area contributed by atoms with Crippen LogP contribution in [0.15, 0.2) is 10.5 Å². The van der Waals surface area contributed by atoms with Gasteiger partial charge in [0.1, 0.15) is 10.2 Å². The molecule has 6 heteroatoms. The lowest BCUT2D eigenvalue weighted by atomic mass is 9.69. The third-order valence-corrected chi connectivity index (χ3v) is 5.12. The predicted octanol–water partition coefficient (Wildman–Crippen LogP) is 3.47. The second kappa shape index (κ2) is 5.40. The van der Waals surface area contributed by atoms with Gasteiger partial charge < -0.3 is 19.3 Å². The van der Waals surface area contributed by atoms with Crippen molar-refractivity contribution in [3.05, 3.63) is 16.1 Å². The van der Waals surface area contributed by atoms with E-state index in [0.717, 1.165) is 19.3 Å². The molecule has 1 heterocycles. The summed E-state index contributed by atoms with van der Waals surface area (Å²) in [5.41, 5.74) is -0.235. The number of carboxylic acid groups (broad SMARTS) is 1. The zero-order chi connectivity index (χ0) is 15.0. The van der Waals surface area contributed by atoms with Gasteiger partial charge in [0.15, 0.2) is 11.5 Å². The van der Waals surface area contributed by atoms with E-state index in [1.54, 1.807) is 13.2 Å². The molecule has 0 radical (unpaired) electrons. The summed E-state index contributed by atoms with van der Waals surface area (Å²) >= 11 is 3.46. The summed E-state index contributed by atoms with van der Waals surface area (Å²) in [5, 5.41) is 9.86. The van der Waals surface area contributed by atoms with Gasteiger partial charge in [0, 0.05) is 5.56 Å². The van der Waals surface area contributed by atoms with Crippen molar-refractivity contribution < 1.29 is 24.1 Å². The van der Waals surface area contributed by atoms with Crippen molar-refractivity contribution in [3.8, 4) is 17.2 Å². The largest absolute Gasteiger partial charge is 0.495 e. The second-order valence-electron chi connectivity index (χ2n) is 5.45. The molecule has 1 aliphatic heterocycles. The highest BCUT2D eigenvalue weighted by molar-refractivity contribution is 9.10. The Balaban J connectivity index is 2.20. The molecule has 21 heavy (non-hydrogen) atoms. The number of methoxy groups -OCH3 is 1. The van der Waals surface area contributed by atoms with E-state index in [9.17, 15) is 9.90 Å². The Hall–Kier alpha value is -1.43. The van der Waals surface area contributed by atoms with Gasteiger partial charge in [-0.15, -0.1) is 0 Å². The van der Waals surface area contributed by atoms with Gasteiger partial charge in [-0.2, -0.15) is 0 Å². The summed E-state index contributed by atoms with van der Waals surface area (Å²) < 4.78 is 17.0. The van der Waals surface area contributed by atoms with E-state index in [2.05, 4.69) is 15.9 Å². The number of carboxylic acids is 1. The predicted molar refractivity (Wildman–Crippen MR) is 79.2 cm³/mol. The van der Waals surface area contributed by atoms with Crippen molar-refractivity contribution in [3.63, 3.8) is 0 Å². The molecule has 114 valence electrons. The zero-order valence-corrected chi connectivity index (χ0v) is 13.4. The monoisotopic (exact) mass is 356 g/mol. The van der Waals surface area contributed by atoms with E-state index in [-0.39, 0.29) is 6.79 Å². The summed E-state index contributed by atoms with van der Waals surface area (Å²) in [6.07, 6.45) is 4.11. The molecule has 0 amide bonds. The van der Waals surface area contributed by atoms with Gasteiger partial charge in [0.2, 0.25) is 6.79 Å². The number of rotatable bonds is 3. The smallest absolute Gasteiger partial charge is 0.314 e. The Kier molecular flexibility index (Phi) is 3.73. The number of ether oxygens (including phenoxy) is 3. The van der Waals surface area contributed by atoms with Crippen LogP contribution in [0.3, 0.4) is 0 Å². The Bertz CT molecular complexity index is 578. The van der Waals surface area contributed by atoms with Crippen LogP contribution in [0.5, 0.6) is 17.2 Å². The first-order chi connectivity index (χ1) is 10.1. The molecule has 0 aromatic heterocycles. The number of hydrogen-bond acceptors (Lipinski definition) is 4. The van der Waals surface area contributed by atoms with Crippen molar-refractivity contribution >= 4 is 21.9 Å². The van der Waals surface area contributed by atoms with Crippen LogP contribution < -0.4 is 14.2 Å². The van der Waals surface area contributed by atoms with Gasteiger partial charge in [0.25, 0.3) is 0 Å². The van der Waals surface area contributed by atoms with Crippen molar-refractivity contribution in [2.45, 2.75) is 37.5 Å². The van der Waals surface area contributed by atoms with Gasteiger partial charge in [-0.3, -0.25) is 4.79 Å². The molecule has 1 fully saturated rings. The summed E-state index contributed by atoms with van der Waals surface area (Å²) in [6.45, 7) is 0.139. The van der Waals surface area contributed by atoms with E-state index in [4.69, 9.17) is 14.2 Å². The molecule has 0 unspecified atom stereocenters. The highest BCUT2D eigenvalue weighted by Gasteiger charge is 2.45. The molecule has 0 saturated heterocycles. The Morgan fingerprint density at radius 2 is 2.05 bits per heavy atom. The first kappa shape index (κ1) is 14.5. The Labute approximate surface area is 131 Å². The number of benzene rings is 1. The summed E-state index contributed by atoms with van der Waals surface area (Å²) in [5.74, 6) is 0.880. The molecule has 1 aromatic rings. The van der Waals surface area contributed by atoms with E-state index in [0.29, 0.717) is 40.1 Å². The fourth-order valence-electron chi connectivity index (χ4n) is 3.29. The van der Waals surface area contributed by atoms with Crippen LogP contribution in [-0.2, 0) is 10.2 Å². The number of fused-ring (bicyclic) bond motifs is 1. The minimum absolute atomic E-state index is 0.139. The highest BCUT2D eigenvalue weighted by Crippen LogP contribution is 2.52. The standard InChI is InChI=1S/C15H17BrO5/c1-19-12-9(7-10-13(11(12)16)21-8-20-10)15(14(17)18)5-3-2-4-6-15/h7H,2-6,8H2,1H3,(H,17,18). The molecule has 2 aliphatic rings. The van der Waals surface area contributed by atoms with E-state index in [1.165, 1.54) is 0 Å². The maximum atomic E-state index is 12.0. The molecule has 0 spiro atoms. The quantitative estimate of drug-likeness (QED) is 0.897. The number of halogens is 1.